The molecular weight excluding hydrogens is 531 g/mol. The number of hydrogen-bond acceptors (Lipinski definition) is 5. The lowest BCUT2D eigenvalue weighted by Crippen LogP contribution is -2.39. The summed E-state index contributed by atoms with van der Waals surface area (Å²) in [5.74, 6) is 3.38. The average molecular weight is 576 g/mol. The van der Waals surface area contributed by atoms with Gasteiger partial charge in [-0.3, -0.25) is 4.90 Å². The number of aryl methyl sites for hydroxylation is 1. The van der Waals surface area contributed by atoms with Crippen LogP contribution in [0.2, 0.25) is 0 Å². The van der Waals surface area contributed by atoms with Crippen molar-refractivity contribution in [1.82, 2.24) is 9.80 Å². The molecule has 0 radical (unpaired) electrons. The lowest BCUT2D eigenvalue weighted by atomic mass is 9.96. The molecule has 1 unspecified atom stereocenters. The molecule has 3 aromatic carbocycles. The number of ether oxygens (including phenoxy) is 3. The zero-order chi connectivity index (χ0) is 25.8. The summed E-state index contributed by atoms with van der Waals surface area (Å²) >= 11 is 0. The number of fused-ring (bicyclic) bond motifs is 2. The molecule has 1 saturated heterocycles. The number of rotatable bonds is 8. The molecule has 0 aliphatic carbocycles. The summed E-state index contributed by atoms with van der Waals surface area (Å²) in [5.41, 5.74) is 5.44. The van der Waals surface area contributed by atoms with E-state index < -0.39 is 0 Å². The van der Waals surface area contributed by atoms with Gasteiger partial charge in [0.1, 0.15) is 5.75 Å². The van der Waals surface area contributed by atoms with Gasteiger partial charge in [-0.2, -0.15) is 0 Å². The summed E-state index contributed by atoms with van der Waals surface area (Å²) in [6.07, 6.45) is 6.18. The smallest absolute Gasteiger partial charge is 0.161 e. The minimum absolute atomic E-state index is 0. The van der Waals surface area contributed by atoms with Gasteiger partial charge in [0.2, 0.25) is 0 Å². The van der Waals surface area contributed by atoms with E-state index in [0.717, 1.165) is 55.6 Å². The standard InChI is InChI=1S/C32H42N2O3.2ClH/c1-23-29-10-8-24(17-27(29)9-11-30(23)35-2)12-15-33-14-6-5-7-25(20-33)21-34-16-13-26-18-31(36-3)32(37-4)19-28(26)22-34;;/h8-11,17-19,25H,5-7,12-16,20-22H2,1-4H3;2*1H. The van der Waals surface area contributed by atoms with Gasteiger partial charge in [0.25, 0.3) is 0 Å². The van der Waals surface area contributed by atoms with Crippen LogP contribution in [-0.4, -0.2) is 63.9 Å². The molecule has 5 rings (SSSR count). The third kappa shape index (κ3) is 7.32. The number of halogens is 2. The van der Waals surface area contributed by atoms with Crippen LogP contribution in [0.5, 0.6) is 17.2 Å². The molecule has 2 aliphatic rings. The molecule has 39 heavy (non-hydrogen) atoms. The Labute approximate surface area is 246 Å². The average Bonchev–Trinajstić information content (AvgIpc) is 3.16. The van der Waals surface area contributed by atoms with Crippen LogP contribution in [0, 0.1) is 12.8 Å². The van der Waals surface area contributed by atoms with Crippen LogP contribution in [0.4, 0.5) is 0 Å². The molecule has 1 fully saturated rings. The van der Waals surface area contributed by atoms with Gasteiger partial charge in [0.15, 0.2) is 11.5 Å². The summed E-state index contributed by atoms with van der Waals surface area (Å²) in [7, 11) is 5.19. The fraction of sp³-hybridized carbons (Fsp3) is 0.500. The Morgan fingerprint density at radius 2 is 1.54 bits per heavy atom. The van der Waals surface area contributed by atoms with Crippen LogP contribution >= 0.6 is 24.8 Å². The van der Waals surface area contributed by atoms with E-state index >= 15 is 0 Å². The Morgan fingerprint density at radius 3 is 2.28 bits per heavy atom. The third-order valence-electron chi connectivity index (χ3n) is 8.41. The highest BCUT2D eigenvalue weighted by Crippen LogP contribution is 2.34. The molecule has 2 heterocycles. The first kappa shape index (κ1) is 31.3. The Hall–Kier alpha value is -2.18. The van der Waals surface area contributed by atoms with Crippen molar-refractivity contribution in [3.05, 3.63) is 64.7 Å². The molecule has 5 nitrogen and oxygen atoms in total. The van der Waals surface area contributed by atoms with E-state index in [1.54, 1.807) is 21.3 Å². The predicted octanol–water partition coefficient (Wildman–Crippen LogP) is 6.72. The van der Waals surface area contributed by atoms with Crippen molar-refractivity contribution in [2.45, 2.75) is 45.6 Å². The number of methoxy groups -OCH3 is 3. The van der Waals surface area contributed by atoms with Gasteiger partial charge in [-0.25, -0.2) is 0 Å². The van der Waals surface area contributed by atoms with E-state index in [-0.39, 0.29) is 24.8 Å². The Bertz CT molecular complexity index is 1240. The second kappa shape index (κ2) is 14.5. The summed E-state index contributed by atoms with van der Waals surface area (Å²) in [5, 5.41) is 2.60. The molecule has 7 heteroatoms. The first-order valence-electron chi connectivity index (χ1n) is 13.8. The van der Waals surface area contributed by atoms with Crippen molar-refractivity contribution in [3.63, 3.8) is 0 Å². The quantitative estimate of drug-likeness (QED) is 0.298. The molecule has 0 aromatic heterocycles. The maximum absolute atomic E-state index is 5.57. The minimum Gasteiger partial charge on any atom is -0.496 e. The highest BCUT2D eigenvalue weighted by atomic mass is 35.5. The van der Waals surface area contributed by atoms with E-state index in [9.17, 15) is 0 Å². The minimum atomic E-state index is 0. The molecular formula is C32H44Cl2N2O3. The molecule has 0 N–H and O–H groups in total. The molecule has 0 saturated carbocycles. The van der Waals surface area contributed by atoms with E-state index in [4.69, 9.17) is 14.2 Å². The predicted molar refractivity (Wildman–Crippen MR) is 166 cm³/mol. The second-order valence-electron chi connectivity index (χ2n) is 10.8. The van der Waals surface area contributed by atoms with Crippen LogP contribution in [0.25, 0.3) is 10.8 Å². The first-order chi connectivity index (χ1) is 18.1. The highest BCUT2D eigenvalue weighted by Gasteiger charge is 2.24. The van der Waals surface area contributed by atoms with Crippen LogP contribution in [0.3, 0.4) is 0 Å². The summed E-state index contributed by atoms with van der Waals surface area (Å²) < 4.78 is 16.6. The van der Waals surface area contributed by atoms with Gasteiger partial charge >= 0.3 is 0 Å². The Morgan fingerprint density at radius 1 is 0.795 bits per heavy atom. The van der Waals surface area contributed by atoms with Crippen LogP contribution in [0.1, 0.15) is 41.5 Å². The van der Waals surface area contributed by atoms with Crippen molar-refractivity contribution in [1.29, 1.82) is 0 Å². The zero-order valence-corrected chi connectivity index (χ0v) is 25.5. The molecule has 1 atom stereocenters. The van der Waals surface area contributed by atoms with Gasteiger partial charge in [0, 0.05) is 32.7 Å². The molecule has 214 valence electrons. The Kier molecular flexibility index (Phi) is 11.6. The van der Waals surface area contributed by atoms with Gasteiger partial charge in [-0.05, 0) is 96.3 Å². The summed E-state index contributed by atoms with van der Waals surface area (Å²) in [4.78, 5) is 5.37. The van der Waals surface area contributed by atoms with Crippen molar-refractivity contribution >= 4 is 35.6 Å². The summed E-state index contributed by atoms with van der Waals surface area (Å²) in [6, 6.07) is 15.6. The fourth-order valence-corrected chi connectivity index (χ4v) is 6.31. The van der Waals surface area contributed by atoms with E-state index in [0.29, 0.717) is 0 Å². The van der Waals surface area contributed by atoms with Crippen LogP contribution in [-0.2, 0) is 19.4 Å². The number of nitrogens with zero attached hydrogens (tertiary/aromatic N) is 2. The van der Waals surface area contributed by atoms with Crippen LogP contribution < -0.4 is 14.2 Å². The maximum atomic E-state index is 5.57. The van der Waals surface area contributed by atoms with E-state index in [1.165, 1.54) is 71.9 Å². The number of hydrogen-bond donors (Lipinski definition) is 0. The van der Waals surface area contributed by atoms with Crippen molar-refractivity contribution in [3.8, 4) is 17.2 Å². The monoisotopic (exact) mass is 574 g/mol. The van der Waals surface area contributed by atoms with Crippen molar-refractivity contribution in [2.24, 2.45) is 5.92 Å². The zero-order valence-electron chi connectivity index (χ0n) is 23.8. The van der Waals surface area contributed by atoms with Gasteiger partial charge in [-0.1, -0.05) is 30.7 Å². The fourth-order valence-electron chi connectivity index (χ4n) is 6.31. The second-order valence-corrected chi connectivity index (χ2v) is 10.8. The van der Waals surface area contributed by atoms with E-state index in [2.05, 4.69) is 59.2 Å². The SMILES string of the molecule is COc1cc2c(cc1OC)CN(CC1CCCCN(CCc3ccc4c(C)c(OC)ccc4c3)C1)CC2.Cl.Cl. The number of likely N-dealkylation sites (tertiary alicyclic amines) is 1. The Balaban J connectivity index is 0.00000210. The topological polar surface area (TPSA) is 34.2 Å². The molecule has 0 bridgehead atoms. The van der Waals surface area contributed by atoms with Crippen molar-refractivity contribution in [2.75, 3.05) is 54.1 Å². The third-order valence-corrected chi connectivity index (χ3v) is 8.41. The largest absolute Gasteiger partial charge is 0.496 e. The van der Waals surface area contributed by atoms with Crippen LogP contribution in [0.15, 0.2) is 42.5 Å². The van der Waals surface area contributed by atoms with Gasteiger partial charge in [-0.15, -0.1) is 24.8 Å². The number of benzene rings is 3. The van der Waals surface area contributed by atoms with E-state index in [1.807, 2.05) is 0 Å². The lowest BCUT2D eigenvalue weighted by molar-refractivity contribution is 0.174. The normalized spacial score (nSPS) is 17.9. The molecule has 3 aromatic rings. The van der Waals surface area contributed by atoms with Gasteiger partial charge < -0.3 is 19.1 Å². The van der Waals surface area contributed by atoms with Gasteiger partial charge in [0.05, 0.1) is 21.3 Å². The first-order valence-corrected chi connectivity index (χ1v) is 13.8. The van der Waals surface area contributed by atoms with Crippen molar-refractivity contribution < 1.29 is 14.2 Å². The maximum Gasteiger partial charge on any atom is 0.161 e. The summed E-state index contributed by atoms with van der Waals surface area (Å²) in [6.45, 7) is 9.03. The molecule has 0 spiro atoms. The lowest BCUT2D eigenvalue weighted by Gasteiger charge is -2.33. The highest BCUT2D eigenvalue weighted by molar-refractivity contribution is 5.88. The molecule has 2 aliphatic heterocycles. The molecule has 0 amide bonds.